The number of nitrogens with zero attached hydrogens (tertiary/aromatic N) is 1. The molecular formula is C23H25N3O3. The maximum Gasteiger partial charge on any atom is 0.250 e. The predicted octanol–water partition coefficient (Wildman–Crippen LogP) is 2.64. The smallest absolute Gasteiger partial charge is 0.250 e. The number of hydrogen-bond donors (Lipinski definition) is 2. The first-order chi connectivity index (χ1) is 14.1. The third-order valence-corrected chi connectivity index (χ3v) is 6.69. The highest BCUT2D eigenvalue weighted by Crippen LogP contribution is 2.55. The molecule has 0 unspecified atom stereocenters. The fourth-order valence-corrected chi connectivity index (χ4v) is 5.47. The van der Waals surface area contributed by atoms with Crippen molar-refractivity contribution in [3.05, 3.63) is 59.7 Å². The Bertz CT molecular complexity index is 975. The van der Waals surface area contributed by atoms with Crippen LogP contribution in [0, 0.1) is 5.92 Å². The van der Waals surface area contributed by atoms with Crippen LogP contribution < -0.4 is 15.4 Å². The highest BCUT2D eigenvalue weighted by molar-refractivity contribution is 6.09. The molecule has 3 aliphatic heterocycles. The molecule has 2 amide bonds. The third-order valence-electron chi connectivity index (χ3n) is 6.69. The zero-order valence-electron chi connectivity index (χ0n) is 16.5. The molecule has 2 aromatic carbocycles. The van der Waals surface area contributed by atoms with Crippen LogP contribution in [0.1, 0.15) is 30.4 Å². The number of fused-ring (bicyclic) bond motifs is 4. The van der Waals surface area contributed by atoms with Gasteiger partial charge in [0.05, 0.1) is 13.0 Å². The second-order valence-electron chi connectivity index (χ2n) is 8.11. The zero-order chi connectivity index (χ0) is 20.0. The van der Waals surface area contributed by atoms with Gasteiger partial charge in [0.1, 0.15) is 11.3 Å². The number of carbonyl (C=O) groups is 2. The van der Waals surface area contributed by atoms with Gasteiger partial charge in [-0.15, -0.1) is 0 Å². The predicted molar refractivity (Wildman–Crippen MR) is 109 cm³/mol. The van der Waals surface area contributed by atoms with E-state index in [0.717, 1.165) is 42.0 Å². The maximum atomic E-state index is 13.4. The molecule has 0 aromatic heterocycles. The molecule has 29 heavy (non-hydrogen) atoms. The molecule has 2 N–H and O–H groups in total. The topological polar surface area (TPSA) is 70.7 Å². The number of para-hydroxylation sites is 1. The molecule has 3 aliphatic rings. The largest absolute Gasteiger partial charge is 0.497 e. The van der Waals surface area contributed by atoms with Crippen molar-refractivity contribution in [3.63, 3.8) is 0 Å². The molecule has 150 valence electrons. The number of hydrogen-bond acceptors (Lipinski definition) is 4. The van der Waals surface area contributed by atoms with E-state index < -0.39 is 11.5 Å². The van der Waals surface area contributed by atoms with Gasteiger partial charge in [0.25, 0.3) is 0 Å². The summed E-state index contributed by atoms with van der Waals surface area (Å²) in [5.74, 6) is 0.236. The third kappa shape index (κ3) is 2.66. The molecule has 3 heterocycles. The number of nitrogens with one attached hydrogen (secondary N) is 2. The van der Waals surface area contributed by atoms with Crippen LogP contribution in [0.25, 0.3) is 0 Å². The lowest BCUT2D eigenvalue weighted by atomic mass is 9.78. The van der Waals surface area contributed by atoms with Gasteiger partial charge in [-0.2, -0.15) is 0 Å². The zero-order valence-corrected chi connectivity index (χ0v) is 16.5. The van der Waals surface area contributed by atoms with Crippen molar-refractivity contribution in [1.29, 1.82) is 0 Å². The summed E-state index contributed by atoms with van der Waals surface area (Å²) >= 11 is 0. The van der Waals surface area contributed by atoms with E-state index in [4.69, 9.17) is 4.74 Å². The van der Waals surface area contributed by atoms with Gasteiger partial charge in [0.2, 0.25) is 11.8 Å². The van der Waals surface area contributed by atoms with E-state index in [2.05, 4.69) is 15.5 Å². The number of amides is 2. The molecule has 0 aliphatic carbocycles. The molecule has 3 atom stereocenters. The molecule has 0 radical (unpaired) electrons. The summed E-state index contributed by atoms with van der Waals surface area (Å²) in [5, 5.41) is 6.12. The van der Waals surface area contributed by atoms with Gasteiger partial charge in [0.15, 0.2) is 0 Å². The SMILES string of the molecule is COc1cccc(CNC(=O)[C@H]2C[C@H]3CCCN3[C@@]23C(=O)Nc2ccccc23)c1. The summed E-state index contributed by atoms with van der Waals surface area (Å²) in [4.78, 5) is 29.0. The van der Waals surface area contributed by atoms with Gasteiger partial charge in [-0.05, 0) is 49.6 Å². The molecule has 0 bridgehead atoms. The van der Waals surface area contributed by atoms with Crippen LogP contribution in [-0.2, 0) is 21.7 Å². The number of methoxy groups -OCH3 is 1. The number of benzene rings is 2. The molecule has 2 fully saturated rings. The molecule has 5 rings (SSSR count). The highest BCUT2D eigenvalue weighted by atomic mass is 16.5. The lowest BCUT2D eigenvalue weighted by Gasteiger charge is -2.36. The van der Waals surface area contributed by atoms with Gasteiger partial charge < -0.3 is 15.4 Å². The Morgan fingerprint density at radius 1 is 1.28 bits per heavy atom. The van der Waals surface area contributed by atoms with E-state index >= 15 is 0 Å². The van der Waals surface area contributed by atoms with Crippen LogP contribution in [-0.4, -0.2) is 36.4 Å². The van der Waals surface area contributed by atoms with Crippen LogP contribution in [0.5, 0.6) is 5.75 Å². The van der Waals surface area contributed by atoms with Crippen LogP contribution in [0.4, 0.5) is 5.69 Å². The molecular weight excluding hydrogens is 366 g/mol. The summed E-state index contributed by atoms with van der Waals surface area (Å²) in [5.41, 5.74) is 1.85. The summed E-state index contributed by atoms with van der Waals surface area (Å²) in [6.07, 6.45) is 2.82. The quantitative estimate of drug-likeness (QED) is 0.841. The van der Waals surface area contributed by atoms with Crippen molar-refractivity contribution >= 4 is 17.5 Å². The van der Waals surface area contributed by atoms with E-state index in [1.807, 2.05) is 48.5 Å². The Morgan fingerprint density at radius 2 is 2.14 bits per heavy atom. The lowest BCUT2D eigenvalue weighted by Crippen LogP contribution is -2.54. The first-order valence-corrected chi connectivity index (χ1v) is 10.2. The molecule has 6 heteroatoms. The highest BCUT2D eigenvalue weighted by Gasteiger charge is 2.65. The summed E-state index contributed by atoms with van der Waals surface area (Å²) in [6, 6.07) is 15.7. The molecule has 0 saturated carbocycles. The minimum absolute atomic E-state index is 0.0610. The van der Waals surface area contributed by atoms with Crippen LogP contribution in [0.2, 0.25) is 0 Å². The maximum absolute atomic E-state index is 13.4. The van der Waals surface area contributed by atoms with Crippen molar-refractivity contribution in [1.82, 2.24) is 10.2 Å². The molecule has 1 spiro atoms. The second-order valence-corrected chi connectivity index (χ2v) is 8.11. The number of ether oxygens (including phenoxy) is 1. The van der Waals surface area contributed by atoms with Gasteiger partial charge in [-0.3, -0.25) is 14.5 Å². The van der Waals surface area contributed by atoms with Crippen LogP contribution in [0.3, 0.4) is 0 Å². The molecule has 6 nitrogen and oxygen atoms in total. The van der Waals surface area contributed by atoms with E-state index in [1.165, 1.54) is 0 Å². The van der Waals surface area contributed by atoms with Crippen LogP contribution >= 0.6 is 0 Å². The minimum atomic E-state index is -0.893. The van der Waals surface area contributed by atoms with Crippen molar-refractivity contribution in [2.45, 2.75) is 37.4 Å². The van der Waals surface area contributed by atoms with Gasteiger partial charge >= 0.3 is 0 Å². The molecule has 2 aromatic rings. The second kappa shape index (κ2) is 6.88. The summed E-state index contributed by atoms with van der Waals surface area (Å²) < 4.78 is 5.27. The fourth-order valence-electron chi connectivity index (χ4n) is 5.47. The first kappa shape index (κ1) is 18.2. The Balaban J connectivity index is 1.46. The number of carbonyl (C=O) groups excluding carboxylic acids is 2. The summed E-state index contributed by atoms with van der Waals surface area (Å²) in [6.45, 7) is 1.27. The van der Waals surface area contributed by atoms with Gasteiger partial charge in [0, 0.05) is 23.8 Å². The fraction of sp³-hybridized carbons (Fsp3) is 0.391. The Hall–Kier alpha value is -2.86. The van der Waals surface area contributed by atoms with E-state index in [9.17, 15) is 9.59 Å². The Labute approximate surface area is 170 Å². The molecule has 2 saturated heterocycles. The monoisotopic (exact) mass is 391 g/mol. The van der Waals surface area contributed by atoms with Crippen LogP contribution in [0.15, 0.2) is 48.5 Å². The number of rotatable bonds is 4. The van der Waals surface area contributed by atoms with E-state index in [0.29, 0.717) is 13.0 Å². The Kier molecular flexibility index (Phi) is 4.32. The normalized spacial score (nSPS) is 27.6. The standard InChI is InChI=1S/C23H25N3O3/c1-29-17-8-4-6-15(12-17)14-24-21(27)19-13-16-7-5-11-26(16)23(19)18-9-2-3-10-20(18)25-22(23)28/h2-4,6,8-10,12,16,19H,5,7,11,13-14H2,1H3,(H,24,27)(H,25,28)/t16-,19-,23-/m1/s1. The summed E-state index contributed by atoms with van der Waals surface area (Å²) in [7, 11) is 1.63. The minimum Gasteiger partial charge on any atom is -0.497 e. The average Bonchev–Trinajstić information content (AvgIpc) is 3.41. The van der Waals surface area contributed by atoms with Crippen molar-refractivity contribution in [2.24, 2.45) is 5.92 Å². The van der Waals surface area contributed by atoms with Gasteiger partial charge in [-0.25, -0.2) is 0 Å². The number of anilines is 1. The van der Waals surface area contributed by atoms with E-state index in [1.54, 1.807) is 7.11 Å². The van der Waals surface area contributed by atoms with Gasteiger partial charge in [-0.1, -0.05) is 30.3 Å². The first-order valence-electron chi connectivity index (χ1n) is 10.2. The van der Waals surface area contributed by atoms with E-state index in [-0.39, 0.29) is 17.9 Å². The van der Waals surface area contributed by atoms with Crippen molar-refractivity contribution < 1.29 is 14.3 Å². The average molecular weight is 391 g/mol. The lowest BCUT2D eigenvalue weighted by molar-refractivity contribution is -0.137. The van der Waals surface area contributed by atoms with Crippen molar-refractivity contribution in [3.8, 4) is 5.75 Å². The Morgan fingerprint density at radius 3 is 3.00 bits per heavy atom. The van der Waals surface area contributed by atoms with Crippen molar-refractivity contribution in [2.75, 3.05) is 19.0 Å².